The summed E-state index contributed by atoms with van der Waals surface area (Å²) in [6.07, 6.45) is 7.13. The maximum absolute atomic E-state index is 13.3. The molecule has 43 heavy (non-hydrogen) atoms. The van der Waals surface area contributed by atoms with E-state index in [-0.39, 0.29) is 6.42 Å². The van der Waals surface area contributed by atoms with E-state index in [2.05, 4.69) is 17.6 Å². The number of rotatable bonds is 16. The second-order valence-corrected chi connectivity index (χ2v) is 11.0. The van der Waals surface area contributed by atoms with E-state index in [4.69, 9.17) is 16.3 Å². The second-order valence-electron chi connectivity index (χ2n) is 10.6. The van der Waals surface area contributed by atoms with Crippen molar-refractivity contribution in [2.24, 2.45) is 0 Å². The molecule has 3 N–H and O–H groups in total. The Morgan fingerprint density at radius 2 is 1.53 bits per heavy atom. The lowest BCUT2D eigenvalue weighted by atomic mass is 9.99. The molecule has 0 spiro atoms. The van der Waals surface area contributed by atoms with Gasteiger partial charge in [0.25, 0.3) is 5.91 Å². The third-order valence-electron chi connectivity index (χ3n) is 7.24. The predicted octanol–water partition coefficient (Wildman–Crippen LogP) is 9.00. The van der Waals surface area contributed by atoms with Crippen LogP contribution in [0.3, 0.4) is 0 Å². The van der Waals surface area contributed by atoms with Crippen LogP contribution in [0.1, 0.15) is 61.4 Å². The maximum Gasteiger partial charge on any atom is 0.326 e. The van der Waals surface area contributed by atoms with E-state index in [9.17, 15) is 14.7 Å². The number of hydrogen-bond donors (Lipinski definition) is 3. The van der Waals surface area contributed by atoms with Gasteiger partial charge in [-0.05, 0) is 53.9 Å². The van der Waals surface area contributed by atoms with Crippen LogP contribution in [-0.2, 0) is 11.2 Å². The van der Waals surface area contributed by atoms with Gasteiger partial charge >= 0.3 is 5.97 Å². The van der Waals surface area contributed by atoms with Crippen LogP contribution < -0.4 is 15.4 Å². The molecule has 0 radical (unpaired) electrons. The van der Waals surface area contributed by atoms with Crippen LogP contribution >= 0.6 is 11.6 Å². The first-order valence-electron chi connectivity index (χ1n) is 14.9. The van der Waals surface area contributed by atoms with Gasteiger partial charge in [0.1, 0.15) is 17.5 Å². The summed E-state index contributed by atoms with van der Waals surface area (Å²) in [7, 11) is 0. The normalized spacial score (nSPS) is 11.5. The minimum atomic E-state index is -1.11. The average Bonchev–Trinajstić information content (AvgIpc) is 3.02. The van der Waals surface area contributed by atoms with Crippen LogP contribution in [-0.4, -0.2) is 29.6 Å². The van der Waals surface area contributed by atoms with Crippen LogP contribution in [0.15, 0.2) is 97.1 Å². The fraction of sp³-hybridized carbons (Fsp3) is 0.278. The zero-order chi connectivity index (χ0) is 30.4. The smallest absolute Gasteiger partial charge is 0.326 e. The Hall–Kier alpha value is -4.29. The number of ether oxygens (including phenoxy) is 1. The molecule has 0 saturated carbocycles. The summed E-state index contributed by atoms with van der Waals surface area (Å²) in [6.45, 7) is 2.92. The number of carbonyl (C=O) groups is 2. The van der Waals surface area contributed by atoms with E-state index in [0.29, 0.717) is 16.3 Å². The number of aliphatic carboxylic acids is 1. The number of benzene rings is 4. The minimum absolute atomic E-state index is 0.130. The van der Waals surface area contributed by atoms with Crippen LogP contribution in [0.2, 0.25) is 5.02 Å². The molecule has 1 amide bonds. The third-order valence-corrected chi connectivity index (χ3v) is 7.47. The molecule has 0 aliphatic rings. The molecule has 6 nitrogen and oxygen atoms in total. The van der Waals surface area contributed by atoms with Gasteiger partial charge in [0, 0.05) is 29.2 Å². The number of carboxylic acid groups (broad SMARTS) is 1. The van der Waals surface area contributed by atoms with Gasteiger partial charge in [-0.1, -0.05) is 111 Å². The zero-order valence-electron chi connectivity index (χ0n) is 24.5. The molecule has 224 valence electrons. The van der Waals surface area contributed by atoms with Gasteiger partial charge < -0.3 is 20.5 Å². The fourth-order valence-corrected chi connectivity index (χ4v) is 5.06. The summed E-state index contributed by atoms with van der Waals surface area (Å²) in [5.41, 5.74) is 3.61. The molecular formula is C36H39ClN2O4. The molecule has 1 atom stereocenters. The second kappa shape index (κ2) is 16.4. The number of unbranched alkanes of at least 4 members (excludes halogenated alkanes) is 5. The van der Waals surface area contributed by atoms with E-state index < -0.39 is 17.9 Å². The lowest BCUT2D eigenvalue weighted by Crippen LogP contribution is -2.42. The van der Waals surface area contributed by atoms with Crippen LogP contribution in [0.25, 0.3) is 11.1 Å². The number of halogens is 1. The highest BCUT2D eigenvalue weighted by atomic mass is 35.5. The van der Waals surface area contributed by atoms with E-state index in [0.717, 1.165) is 47.6 Å². The van der Waals surface area contributed by atoms with Crippen molar-refractivity contribution in [2.45, 2.75) is 57.9 Å². The third kappa shape index (κ3) is 9.62. The molecule has 0 aromatic heterocycles. The molecule has 0 heterocycles. The van der Waals surface area contributed by atoms with E-state index in [1.165, 1.54) is 25.7 Å². The van der Waals surface area contributed by atoms with Gasteiger partial charge in [0.2, 0.25) is 0 Å². The number of carboxylic acids is 1. The van der Waals surface area contributed by atoms with Crippen molar-refractivity contribution in [3.05, 3.63) is 113 Å². The summed E-state index contributed by atoms with van der Waals surface area (Å²) in [4.78, 5) is 25.4. The molecule has 4 aromatic rings. The maximum atomic E-state index is 13.3. The monoisotopic (exact) mass is 598 g/mol. The van der Waals surface area contributed by atoms with Crippen molar-refractivity contribution in [3.8, 4) is 22.6 Å². The average molecular weight is 599 g/mol. The van der Waals surface area contributed by atoms with Crippen molar-refractivity contribution in [1.29, 1.82) is 0 Å². The number of amides is 1. The molecular weight excluding hydrogens is 560 g/mol. The standard InChI is InChI=1S/C36H39ClN2O4/c1-2-3-4-5-6-12-23-38-32-22-21-28(37)25-31(32)35(40)39-33(36(41)42)24-26-17-19-27(20-18-26)30-15-10-11-16-34(30)43-29-13-8-7-9-14-29/h7-11,13-22,25,33,38H,2-6,12,23-24H2,1H3,(H,39,40)(H,41,42). The Morgan fingerprint density at radius 1 is 0.837 bits per heavy atom. The van der Waals surface area contributed by atoms with Crippen molar-refractivity contribution < 1.29 is 19.4 Å². The molecule has 0 saturated heterocycles. The molecule has 0 bridgehead atoms. The van der Waals surface area contributed by atoms with Gasteiger partial charge in [-0.2, -0.15) is 0 Å². The summed E-state index contributed by atoms with van der Waals surface area (Å²) < 4.78 is 6.10. The lowest BCUT2D eigenvalue weighted by molar-refractivity contribution is -0.139. The van der Waals surface area contributed by atoms with E-state index in [1.807, 2.05) is 78.9 Å². The Kier molecular flexibility index (Phi) is 12.0. The van der Waals surface area contributed by atoms with Gasteiger partial charge in [0.05, 0.1) is 5.56 Å². The van der Waals surface area contributed by atoms with Crippen molar-refractivity contribution in [3.63, 3.8) is 0 Å². The molecule has 4 rings (SSSR count). The predicted molar refractivity (Wildman–Crippen MR) is 174 cm³/mol. The minimum Gasteiger partial charge on any atom is -0.480 e. The number of para-hydroxylation sites is 2. The first-order chi connectivity index (χ1) is 20.9. The van der Waals surface area contributed by atoms with Crippen LogP contribution in [0, 0.1) is 0 Å². The van der Waals surface area contributed by atoms with Crippen molar-refractivity contribution in [1.82, 2.24) is 5.32 Å². The van der Waals surface area contributed by atoms with Crippen LogP contribution in [0.4, 0.5) is 5.69 Å². The Labute approximate surface area is 259 Å². The van der Waals surface area contributed by atoms with Gasteiger partial charge in [-0.25, -0.2) is 4.79 Å². The number of nitrogens with one attached hydrogen (secondary N) is 2. The topological polar surface area (TPSA) is 87.7 Å². The highest BCUT2D eigenvalue weighted by Crippen LogP contribution is 2.33. The molecule has 0 fully saturated rings. The SMILES string of the molecule is CCCCCCCCNc1ccc(Cl)cc1C(=O)NC(Cc1ccc(-c2ccccc2Oc2ccccc2)cc1)C(=O)O. The lowest BCUT2D eigenvalue weighted by Gasteiger charge is -2.18. The summed E-state index contributed by atoms with van der Waals surface area (Å²) >= 11 is 6.21. The highest BCUT2D eigenvalue weighted by molar-refractivity contribution is 6.31. The number of anilines is 1. The highest BCUT2D eigenvalue weighted by Gasteiger charge is 2.23. The first kappa shape index (κ1) is 31.6. The van der Waals surface area contributed by atoms with Crippen molar-refractivity contribution in [2.75, 3.05) is 11.9 Å². The quantitative estimate of drug-likeness (QED) is 0.112. The molecule has 7 heteroatoms. The summed E-state index contributed by atoms with van der Waals surface area (Å²) in [6, 6.07) is 28.9. The molecule has 0 aliphatic carbocycles. The number of hydrogen-bond acceptors (Lipinski definition) is 4. The molecule has 4 aromatic carbocycles. The summed E-state index contributed by atoms with van der Waals surface area (Å²) in [5, 5.41) is 16.4. The van der Waals surface area contributed by atoms with Crippen LogP contribution in [0.5, 0.6) is 11.5 Å². The zero-order valence-corrected chi connectivity index (χ0v) is 25.3. The van der Waals surface area contributed by atoms with Gasteiger partial charge in [-0.15, -0.1) is 0 Å². The van der Waals surface area contributed by atoms with E-state index in [1.54, 1.807) is 18.2 Å². The number of carbonyl (C=O) groups excluding carboxylic acids is 1. The van der Waals surface area contributed by atoms with E-state index >= 15 is 0 Å². The summed E-state index contributed by atoms with van der Waals surface area (Å²) in [5.74, 6) is -0.127. The largest absolute Gasteiger partial charge is 0.480 e. The molecule has 0 aliphatic heterocycles. The first-order valence-corrected chi connectivity index (χ1v) is 15.3. The van der Waals surface area contributed by atoms with Crippen molar-refractivity contribution >= 4 is 29.2 Å². The molecule has 1 unspecified atom stereocenters. The Morgan fingerprint density at radius 3 is 2.28 bits per heavy atom. The Balaban J connectivity index is 1.40. The fourth-order valence-electron chi connectivity index (χ4n) is 4.89. The van der Waals surface area contributed by atoms with Gasteiger partial charge in [-0.3, -0.25) is 4.79 Å². The van der Waals surface area contributed by atoms with Gasteiger partial charge in [0.15, 0.2) is 0 Å². The Bertz CT molecular complexity index is 1470.